The average molecular weight is 316 g/mol. The fourth-order valence-electron chi connectivity index (χ4n) is 4.05. The average Bonchev–Trinajstić information content (AvgIpc) is 3.28. The van der Waals surface area contributed by atoms with Crippen LogP contribution in [0.4, 0.5) is 0 Å². The molecule has 1 amide bonds. The summed E-state index contributed by atoms with van der Waals surface area (Å²) >= 11 is 0. The topological polar surface area (TPSA) is 85.3 Å². The molecule has 2 aromatic rings. The largest absolute Gasteiger partial charge is 0.448 e. The smallest absolute Gasteiger partial charge is 0.276 e. The van der Waals surface area contributed by atoms with Gasteiger partial charge in [0.15, 0.2) is 12.1 Å². The number of rotatable bonds is 3. The van der Waals surface area contributed by atoms with E-state index in [1.165, 1.54) is 6.39 Å². The van der Waals surface area contributed by atoms with Crippen LogP contribution in [0.5, 0.6) is 0 Å². The first kappa shape index (κ1) is 14.4. The van der Waals surface area contributed by atoms with E-state index in [2.05, 4.69) is 15.2 Å². The molecule has 1 saturated carbocycles. The molecule has 2 aromatic heterocycles. The highest BCUT2D eigenvalue weighted by Crippen LogP contribution is 2.50. The molecule has 0 bridgehead atoms. The lowest BCUT2D eigenvalue weighted by Crippen LogP contribution is -2.35. The van der Waals surface area contributed by atoms with Gasteiger partial charge < -0.3 is 13.7 Å². The van der Waals surface area contributed by atoms with Crippen molar-refractivity contribution in [3.05, 3.63) is 29.6 Å². The molecule has 0 radical (unpaired) electrons. The molecule has 2 fully saturated rings. The van der Waals surface area contributed by atoms with Crippen molar-refractivity contribution >= 4 is 5.91 Å². The highest BCUT2D eigenvalue weighted by atomic mass is 16.4. The highest BCUT2D eigenvalue weighted by molar-refractivity contribution is 5.93. The van der Waals surface area contributed by atoms with E-state index < -0.39 is 0 Å². The molecule has 0 spiro atoms. The van der Waals surface area contributed by atoms with Crippen LogP contribution in [0.2, 0.25) is 0 Å². The summed E-state index contributed by atoms with van der Waals surface area (Å²) in [6.07, 6.45) is 5.27. The number of hydrogen-bond donors (Lipinski definition) is 0. The van der Waals surface area contributed by atoms with Crippen LogP contribution < -0.4 is 0 Å². The zero-order valence-corrected chi connectivity index (χ0v) is 13.4. The summed E-state index contributed by atoms with van der Waals surface area (Å²) in [4.78, 5) is 18.7. The van der Waals surface area contributed by atoms with Crippen molar-refractivity contribution < 1.29 is 13.6 Å². The number of aryl methyl sites for hydroxylation is 2. The summed E-state index contributed by atoms with van der Waals surface area (Å²) in [5, 5.41) is 8.41. The molecule has 3 heterocycles. The third-order valence-corrected chi connectivity index (χ3v) is 5.30. The predicted octanol–water partition coefficient (Wildman–Crippen LogP) is 2.12. The molecule has 23 heavy (non-hydrogen) atoms. The molecule has 0 aromatic carbocycles. The van der Waals surface area contributed by atoms with Crippen LogP contribution in [-0.2, 0) is 11.8 Å². The van der Waals surface area contributed by atoms with E-state index in [0.29, 0.717) is 35.7 Å². The van der Waals surface area contributed by atoms with E-state index in [1.807, 2.05) is 11.8 Å². The van der Waals surface area contributed by atoms with E-state index >= 15 is 0 Å². The standard InChI is InChI=1S/C16H20N4O3/c1-3-12-18-19-15(23-12)16-6-4-5-11(16)7-20(8-16)14(21)13-10(2)22-9-17-13/h9,11H,3-8H2,1-2H3/t11-,16-/m0/s1. The first-order chi connectivity index (χ1) is 11.1. The van der Waals surface area contributed by atoms with Crippen molar-refractivity contribution in [1.82, 2.24) is 20.1 Å². The number of nitrogens with zero attached hydrogens (tertiary/aromatic N) is 4. The maximum Gasteiger partial charge on any atom is 0.276 e. The second-order valence-electron chi connectivity index (χ2n) is 6.54. The molecule has 122 valence electrons. The molecule has 2 aliphatic rings. The van der Waals surface area contributed by atoms with Crippen LogP contribution in [0.25, 0.3) is 0 Å². The Balaban J connectivity index is 1.63. The van der Waals surface area contributed by atoms with Gasteiger partial charge in [-0.1, -0.05) is 13.3 Å². The van der Waals surface area contributed by atoms with Gasteiger partial charge in [-0.15, -0.1) is 10.2 Å². The van der Waals surface area contributed by atoms with Gasteiger partial charge in [0.05, 0.1) is 5.41 Å². The first-order valence-corrected chi connectivity index (χ1v) is 8.16. The Labute approximate surface area is 134 Å². The number of hydrogen-bond acceptors (Lipinski definition) is 6. The van der Waals surface area contributed by atoms with Crippen molar-refractivity contribution in [2.45, 2.75) is 44.9 Å². The Morgan fingerprint density at radius 2 is 2.35 bits per heavy atom. The maximum atomic E-state index is 12.7. The summed E-state index contributed by atoms with van der Waals surface area (Å²) in [5.74, 6) is 2.23. The summed E-state index contributed by atoms with van der Waals surface area (Å²) in [6, 6.07) is 0. The van der Waals surface area contributed by atoms with Gasteiger partial charge in [0.2, 0.25) is 11.8 Å². The number of likely N-dealkylation sites (tertiary alicyclic amines) is 1. The van der Waals surface area contributed by atoms with E-state index in [4.69, 9.17) is 8.83 Å². The van der Waals surface area contributed by atoms with Gasteiger partial charge in [0, 0.05) is 19.5 Å². The molecule has 2 atom stereocenters. The van der Waals surface area contributed by atoms with Crippen molar-refractivity contribution in [2.24, 2.45) is 5.92 Å². The third-order valence-electron chi connectivity index (χ3n) is 5.30. The quantitative estimate of drug-likeness (QED) is 0.862. The number of aromatic nitrogens is 3. The number of carbonyl (C=O) groups is 1. The van der Waals surface area contributed by atoms with Gasteiger partial charge in [-0.2, -0.15) is 0 Å². The van der Waals surface area contributed by atoms with Crippen LogP contribution in [0.3, 0.4) is 0 Å². The minimum absolute atomic E-state index is 0.0692. The predicted molar refractivity (Wildman–Crippen MR) is 79.8 cm³/mol. The molecule has 4 rings (SSSR count). The van der Waals surface area contributed by atoms with E-state index in [9.17, 15) is 4.79 Å². The molecule has 1 aliphatic heterocycles. The van der Waals surface area contributed by atoms with Crippen molar-refractivity contribution in [2.75, 3.05) is 13.1 Å². The van der Waals surface area contributed by atoms with Crippen LogP contribution in [0, 0.1) is 12.8 Å². The van der Waals surface area contributed by atoms with Crippen LogP contribution >= 0.6 is 0 Å². The van der Waals surface area contributed by atoms with Gasteiger partial charge in [0.25, 0.3) is 5.91 Å². The summed E-state index contributed by atoms with van der Waals surface area (Å²) in [6.45, 7) is 5.10. The molecule has 0 N–H and O–H groups in total. The Bertz CT molecular complexity index is 737. The van der Waals surface area contributed by atoms with Gasteiger partial charge in [-0.3, -0.25) is 4.79 Å². The lowest BCUT2D eigenvalue weighted by atomic mass is 9.80. The molecule has 7 nitrogen and oxygen atoms in total. The molecule has 0 unspecified atom stereocenters. The Morgan fingerprint density at radius 1 is 1.48 bits per heavy atom. The molecule has 7 heteroatoms. The minimum Gasteiger partial charge on any atom is -0.448 e. The monoisotopic (exact) mass is 316 g/mol. The van der Waals surface area contributed by atoms with Gasteiger partial charge in [-0.05, 0) is 25.7 Å². The van der Waals surface area contributed by atoms with E-state index in [0.717, 1.165) is 32.2 Å². The summed E-state index contributed by atoms with van der Waals surface area (Å²) in [5.41, 5.74) is 0.216. The number of carbonyl (C=O) groups excluding carboxylic acids is 1. The Kier molecular flexibility index (Phi) is 3.25. The number of fused-ring (bicyclic) bond motifs is 1. The maximum absolute atomic E-state index is 12.7. The SMILES string of the molecule is CCc1nnc([C@]23CCC[C@H]2CN(C(=O)c2ncoc2C)C3)o1. The fourth-order valence-corrected chi connectivity index (χ4v) is 4.05. The number of amides is 1. The Hall–Kier alpha value is -2.18. The second-order valence-corrected chi connectivity index (χ2v) is 6.54. The summed E-state index contributed by atoms with van der Waals surface area (Å²) in [7, 11) is 0. The van der Waals surface area contributed by atoms with Gasteiger partial charge in [-0.25, -0.2) is 4.98 Å². The molecule has 1 saturated heterocycles. The van der Waals surface area contributed by atoms with Crippen molar-refractivity contribution in [1.29, 1.82) is 0 Å². The van der Waals surface area contributed by atoms with Gasteiger partial charge >= 0.3 is 0 Å². The fraction of sp³-hybridized carbons (Fsp3) is 0.625. The molecule has 1 aliphatic carbocycles. The van der Waals surface area contributed by atoms with Crippen LogP contribution in [0.15, 0.2) is 15.2 Å². The van der Waals surface area contributed by atoms with E-state index in [1.54, 1.807) is 6.92 Å². The zero-order chi connectivity index (χ0) is 16.0. The van der Waals surface area contributed by atoms with Crippen molar-refractivity contribution in [3.8, 4) is 0 Å². The first-order valence-electron chi connectivity index (χ1n) is 8.16. The molecular formula is C16H20N4O3. The third kappa shape index (κ3) is 2.09. The van der Waals surface area contributed by atoms with Crippen LogP contribution in [0.1, 0.15) is 54.2 Å². The molecular weight excluding hydrogens is 296 g/mol. The van der Waals surface area contributed by atoms with Gasteiger partial charge in [0.1, 0.15) is 5.76 Å². The van der Waals surface area contributed by atoms with Crippen LogP contribution in [-0.4, -0.2) is 39.1 Å². The minimum atomic E-state index is -0.187. The normalized spacial score (nSPS) is 26.7. The lowest BCUT2D eigenvalue weighted by molar-refractivity contribution is 0.0768. The van der Waals surface area contributed by atoms with E-state index in [-0.39, 0.29) is 11.3 Å². The second kappa shape index (κ2) is 5.18. The Morgan fingerprint density at radius 3 is 3.04 bits per heavy atom. The highest BCUT2D eigenvalue weighted by Gasteiger charge is 2.55. The summed E-state index contributed by atoms with van der Waals surface area (Å²) < 4.78 is 11.0. The number of oxazole rings is 1. The zero-order valence-electron chi connectivity index (χ0n) is 13.4. The van der Waals surface area contributed by atoms with Crippen molar-refractivity contribution in [3.63, 3.8) is 0 Å². The lowest BCUT2D eigenvalue weighted by Gasteiger charge is -2.24.